The van der Waals surface area contributed by atoms with Gasteiger partial charge in [-0.05, 0) is 42.5 Å². The number of urea groups is 1. The van der Waals surface area contributed by atoms with E-state index in [-0.39, 0.29) is 17.4 Å². The van der Waals surface area contributed by atoms with Crippen molar-refractivity contribution in [2.24, 2.45) is 5.41 Å². The van der Waals surface area contributed by atoms with Gasteiger partial charge >= 0.3 is 6.03 Å². The Kier molecular flexibility index (Phi) is 4.00. The molecule has 0 radical (unpaired) electrons. The van der Waals surface area contributed by atoms with Crippen molar-refractivity contribution in [2.45, 2.75) is 19.8 Å². The van der Waals surface area contributed by atoms with Crippen LogP contribution in [0.1, 0.15) is 18.4 Å². The quantitative estimate of drug-likeness (QED) is 0.893. The number of carbonyl (C=O) groups is 2. The summed E-state index contributed by atoms with van der Waals surface area (Å²) in [5.41, 5.74) is 2.80. The lowest BCUT2D eigenvalue weighted by atomic mass is 9.86. The molecule has 6 heteroatoms. The molecule has 0 bridgehead atoms. The Bertz CT molecular complexity index is 805. The van der Waals surface area contributed by atoms with Gasteiger partial charge in [-0.15, -0.1) is 0 Å². The van der Waals surface area contributed by atoms with Gasteiger partial charge in [-0.2, -0.15) is 11.3 Å². The Morgan fingerprint density at radius 1 is 1.28 bits per heavy atom. The zero-order valence-corrected chi connectivity index (χ0v) is 15.0. The van der Waals surface area contributed by atoms with E-state index >= 15 is 0 Å². The summed E-state index contributed by atoms with van der Waals surface area (Å²) in [5.74, 6) is 0.166. The van der Waals surface area contributed by atoms with Gasteiger partial charge in [-0.1, -0.05) is 12.1 Å². The van der Waals surface area contributed by atoms with E-state index in [1.807, 2.05) is 57.8 Å². The van der Waals surface area contributed by atoms with Crippen LogP contribution in [0.2, 0.25) is 0 Å². The van der Waals surface area contributed by atoms with Crippen molar-refractivity contribution in [3.8, 4) is 0 Å². The van der Waals surface area contributed by atoms with Gasteiger partial charge < -0.3 is 15.1 Å². The molecular formula is C19H21N3O2S. The first kappa shape index (κ1) is 16.1. The van der Waals surface area contributed by atoms with Crippen LogP contribution < -0.4 is 10.2 Å². The number of benzene rings is 1. The van der Waals surface area contributed by atoms with E-state index < -0.39 is 0 Å². The average Bonchev–Trinajstić information content (AvgIpc) is 3.29. The summed E-state index contributed by atoms with van der Waals surface area (Å²) in [6.45, 7) is 4.04. The third kappa shape index (κ3) is 3.14. The van der Waals surface area contributed by atoms with E-state index in [9.17, 15) is 9.59 Å². The number of carbonyl (C=O) groups excluding carboxylic acids is 2. The molecule has 1 N–H and O–H groups in total. The maximum absolute atomic E-state index is 12.6. The number of anilines is 2. The molecule has 3 amide bonds. The van der Waals surface area contributed by atoms with Crippen molar-refractivity contribution in [1.29, 1.82) is 0 Å². The molecule has 3 heterocycles. The molecule has 2 aromatic rings. The highest BCUT2D eigenvalue weighted by Crippen LogP contribution is 2.42. The number of aryl methyl sites for hydroxylation is 1. The Morgan fingerprint density at radius 3 is 2.92 bits per heavy atom. The first-order valence-corrected chi connectivity index (χ1v) is 9.44. The summed E-state index contributed by atoms with van der Waals surface area (Å²) < 4.78 is 0. The summed E-state index contributed by atoms with van der Waals surface area (Å²) in [6, 6.07) is 9.70. The Labute approximate surface area is 151 Å². The van der Waals surface area contributed by atoms with Gasteiger partial charge in [0.2, 0.25) is 5.91 Å². The first-order chi connectivity index (χ1) is 12.0. The molecule has 2 fully saturated rings. The molecule has 2 aliphatic heterocycles. The first-order valence-electron chi connectivity index (χ1n) is 8.50. The molecule has 130 valence electrons. The van der Waals surface area contributed by atoms with Crippen molar-refractivity contribution in [3.63, 3.8) is 0 Å². The summed E-state index contributed by atoms with van der Waals surface area (Å²) in [7, 11) is 0. The molecule has 1 aromatic heterocycles. The van der Waals surface area contributed by atoms with Crippen LogP contribution in [0.5, 0.6) is 0 Å². The second kappa shape index (κ2) is 6.19. The summed E-state index contributed by atoms with van der Waals surface area (Å²) in [6.07, 6.45) is 1.40. The Hall–Kier alpha value is -2.34. The summed E-state index contributed by atoms with van der Waals surface area (Å²) >= 11 is 1.60. The SMILES string of the molecule is Cc1cccc(NC(=O)N2CC[C@@]3(CC(=O)N(c4ccsc4)C3)C2)c1. The minimum atomic E-state index is -0.108. The number of amides is 3. The molecule has 0 aliphatic carbocycles. The third-order valence-corrected chi connectivity index (χ3v) is 5.80. The van der Waals surface area contributed by atoms with Gasteiger partial charge in [-0.25, -0.2) is 4.79 Å². The highest BCUT2D eigenvalue weighted by molar-refractivity contribution is 7.08. The molecule has 0 unspecified atom stereocenters. The van der Waals surface area contributed by atoms with Crippen LogP contribution in [0.15, 0.2) is 41.1 Å². The molecular weight excluding hydrogens is 334 g/mol. The minimum absolute atomic E-state index is 0.0797. The van der Waals surface area contributed by atoms with Crippen LogP contribution in [0, 0.1) is 12.3 Å². The lowest BCUT2D eigenvalue weighted by Gasteiger charge is -2.24. The summed E-state index contributed by atoms with van der Waals surface area (Å²) in [5, 5.41) is 6.97. The Balaban J connectivity index is 1.43. The van der Waals surface area contributed by atoms with E-state index in [0.717, 1.165) is 23.4 Å². The molecule has 5 nitrogen and oxygen atoms in total. The standard InChI is InChI=1S/C19H21N3O2S/c1-14-3-2-4-15(9-14)20-18(24)21-7-6-19(12-21)10-17(23)22(13-19)16-5-8-25-11-16/h2-5,8-9,11H,6-7,10,12-13H2,1H3,(H,20,24)/t19-/m1/s1. The van der Waals surface area contributed by atoms with Crippen LogP contribution in [0.4, 0.5) is 16.2 Å². The zero-order valence-electron chi connectivity index (χ0n) is 14.2. The van der Waals surface area contributed by atoms with Gasteiger partial charge in [0.25, 0.3) is 0 Å². The van der Waals surface area contributed by atoms with Crippen molar-refractivity contribution >= 4 is 34.6 Å². The molecule has 0 saturated carbocycles. The van der Waals surface area contributed by atoms with E-state index in [1.165, 1.54) is 0 Å². The largest absolute Gasteiger partial charge is 0.324 e. The number of nitrogens with one attached hydrogen (secondary N) is 1. The van der Waals surface area contributed by atoms with Crippen molar-refractivity contribution in [3.05, 3.63) is 46.7 Å². The fraction of sp³-hybridized carbons (Fsp3) is 0.368. The van der Waals surface area contributed by atoms with E-state index in [0.29, 0.717) is 26.1 Å². The molecule has 1 atom stereocenters. The average molecular weight is 355 g/mol. The number of nitrogens with zero attached hydrogens (tertiary/aromatic N) is 2. The van der Waals surface area contributed by atoms with Crippen molar-refractivity contribution in [2.75, 3.05) is 29.9 Å². The lowest BCUT2D eigenvalue weighted by Crippen LogP contribution is -2.36. The normalized spacial score (nSPS) is 22.8. The van der Waals surface area contributed by atoms with Crippen molar-refractivity contribution in [1.82, 2.24) is 4.90 Å². The fourth-order valence-electron chi connectivity index (χ4n) is 3.85. The zero-order chi connectivity index (χ0) is 17.4. The van der Waals surface area contributed by atoms with Gasteiger partial charge in [0.05, 0.1) is 5.69 Å². The number of thiophene rings is 1. The summed E-state index contributed by atoms with van der Waals surface area (Å²) in [4.78, 5) is 28.7. The number of likely N-dealkylation sites (tertiary alicyclic amines) is 1. The monoisotopic (exact) mass is 355 g/mol. The van der Waals surface area contributed by atoms with Gasteiger partial charge in [0.15, 0.2) is 0 Å². The predicted octanol–water partition coefficient (Wildman–Crippen LogP) is 3.72. The van der Waals surface area contributed by atoms with Gasteiger partial charge in [0, 0.05) is 42.5 Å². The van der Waals surface area contributed by atoms with Crippen molar-refractivity contribution < 1.29 is 9.59 Å². The van der Waals surface area contributed by atoms with Crippen LogP contribution in [0.3, 0.4) is 0 Å². The second-order valence-electron chi connectivity index (χ2n) is 7.11. The minimum Gasteiger partial charge on any atom is -0.324 e. The molecule has 25 heavy (non-hydrogen) atoms. The molecule has 4 rings (SSSR count). The van der Waals surface area contributed by atoms with E-state index in [1.54, 1.807) is 11.3 Å². The molecule has 2 saturated heterocycles. The second-order valence-corrected chi connectivity index (χ2v) is 7.89. The van der Waals surface area contributed by atoms with Crippen LogP contribution >= 0.6 is 11.3 Å². The van der Waals surface area contributed by atoms with Crippen LogP contribution in [-0.4, -0.2) is 36.5 Å². The van der Waals surface area contributed by atoms with E-state index in [4.69, 9.17) is 0 Å². The smallest absolute Gasteiger partial charge is 0.321 e. The fourth-order valence-corrected chi connectivity index (χ4v) is 4.49. The highest BCUT2D eigenvalue weighted by atomic mass is 32.1. The Morgan fingerprint density at radius 2 is 2.16 bits per heavy atom. The topological polar surface area (TPSA) is 52.7 Å². The maximum atomic E-state index is 12.6. The third-order valence-electron chi connectivity index (χ3n) is 5.13. The van der Waals surface area contributed by atoms with E-state index in [2.05, 4.69) is 5.32 Å². The highest BCUT2D eigenvalue weighted by Gasteiger charge is 2.48. The maximum Gasteiger partial charge on any atom is 0.321 e. The van der Waals surface area contributed by atoms with Crippen LogP contribution in [-0.2, 0) is 4.79 Å². The van der Waals surface area contributed by atoms with Gasteiger partial charge in [0.1, 0.15) is 0 Å². The number of hydrogen-bond donors (Lipinski definition) is 1. The molecule has 2 aliphatic rings. The molecule has 1 aromatic carbocycles. The lowest BCUT2D eigenvalue weighted by molar-refractivity contribution is -0.117. The number of rotatable bonds is 2. The van der Waals surface area contributed by atoms with Gasteiger partial charge in [-0.3, -0.25) is 4.79 Å². The van der Waals surface area contributed by atoms with Crippen LogP contribution in [0.25, 0.3) is 0 Å². The molecule has 1 spiro atoms. The predicted molar refractivity (Wildman–Crippen MR) is 100 cm³/mol. The number of hydrogen-bond acceptors (Lipinski definition) is 3.